The van der Waals surface area contributed by atoms with Crippen molar-refractivity contribution in [2.24, 2.45) is 0 Å². The van der Waals surface area contributed by atoms with Gasteiger partial charge in [-0.2, -0.15) is 0 Å². The van der Waals surface area contributed by atoms with Gasteiger partial charge in [-0.1, -0.05) is 13.0 Å². The molecule has 0 spiro atoms. The zero-order chi connectivity index (χ0) is 13.1. The van der Waals surface area contributed by atoms with E-state index in [2.05, 4.69) is 6.92 Å². The average Bonchev–Trinajstić information content (AvgIpc) is 2.86. The number of nitrogen functional groups attached to an aromatic ring is 1. The van der Waals surface area contributed by atoms with Crippen molar-refractivity contribution in [1.82, 2.24) is 0 Å². The summed E-state index contributed by atoms with van der Waals surface area (Å²) >= 11 is 1.50. The van der Waals surface area contributed by atoms with Gasteiger partial charge in [-0.15, -0.1) is 11.3 Å². The van der Waals surface area contributed by atoms with E-state index < -0.39 is 0 Å². The highest BCUT2D eigenvalue weighted by Crippen LogP contribution is 2.29. The number of nitrogens with two attached hydrogens (primary N) is 1. The lowest BCUT2D eigenvalue weighted by Gasteiger charge is -2.09. The van der Waals surface area contributed by atoms with Gasteiger partial charge in [0.25, 0.3) is 0 Å². The summed E-state index contributed by atoms with van der Waals surface area (Å²) in [6.07, 6.45) is 0.930. The first-order valence-corrected chi connectivity index (χ1v) is 6.55. The second-order valence-electron chi connectivity index (χ2n) is 3.87. The third-order valence-corrected chi connectivity index (χ3v) is 3.97. The Morgan fingerprint density at radius 1 is 1.33 bits per heavy atom. The van der Waals surface area contributed by atoms with Crippen molar-refractivity contribution in [2.75, 3.05) is 12.8 Å². The number of carbonyl (C=O) groups is 1. The zero-order valence-electron chi connectivity index (χ0n) is 10.4. The molecule has 0 fully saturated rings. The highest BCUT2D eigenvalue weighted by atomic mass is 32.1. The number of methoxy groups -OCH3 is 1. The van der Waals surface area contributed by atoms with Crippen LogP contribution in [-0.4, -0.2) is 12.9 Å². The molecular formula is C14H15NO2S. The van der Waals surface area contributed by atoms with E-state index in [0.717, 1.165) is 6.42 Å². The number of carbonyl (C=O) groups excluding carboxylic acids is 1. The molecule has 2 aromatic rings. The SMILES string of the molecule is CCc1ccc(C(=O)c2c(N)cccc2OC)s1. The number of ether oxygens (including phenoxy) is 1. The standard InChI is InChI=1S/C14H15NO2S/c1-3-9-7-8-12(18-9)14(16)13-10(15)5-4-6-11(13)17-2/h4-8H,3,15H2,1-2H3. The maximum absolute atomic E-state index is 12.4. The Bertz CT molecular complexity index is 575. The van der Waals surface area contributed by atoms with Gasteiger partial charge in [-0.05, 0) is 30.7 Å². The van der Waals surface area contributed by atoms with Gasteiger partial charge in [0.2, 0.25) is 5.78 Å². The topological polar surface area (TPSA) is 52.3 Å². The molecule has 0 bridgehead atoms. The van der Waals surface area contributed by atoms with Gasteiger partial charge < -0.3 is 10.5 Å². The molecule has 2 rings (SSSR count). The largest absolute Gasteiger partial charge is 0.496 e. The van der Waals surface area contributed by atoms with Crippen molar-refractivity contribution in [3.8, 4) is 5.75 Å². The van der Waals surface area contributed by atoms with Gasteiger partial charge in [0.15, 0.2) is 0 Å². The summed E-state index contributed by atoms with van der Waals surface area (Å²) in [4.78, 5) is 14.3. The van der Waals surface area contributed by atoms with Crippen molar-refractivity contribution in [3.63, 3.8) is 0 Å². The van der Waals surface area contributed by atoms with Crippen LogP contribution in [0, 0.1) is 0 Å². The normalized spacial score (nSPS) is 10.3. The van der Waals surface area contributed by atoms with Gasteiger partial charge in [-0.25, -0.2) is 0 Å². The maximum atomic E-state index is 12.4. The molecule has 0 radical (unpaired) electrons. The minimum absolute atomic E-state index is 0.0744. The second-order valence-corrected chi connectivity index (χ2v) is 5.04. The van der Waals surface area contributed by atoms with Crippen LogP contribution in [0.4, 0.5) is 5.69 Å². The van der Waals surface area contributed by atoms with Gasteiger partial charge in [-0.3, -0.25) is 4.79 Å². The summed E-state index contributed by atoms with van der Waals surface area (Å²) in [7, 11) is 1.54. The highest BCUT2D eigenvalue weighted by molar-refractivity contribution is 7.14. The monoisotopic (exact) mass is 261 g/mol. The van der Waals surface area contributed by atoms with Crippen molar-refractivity contribution in [3.05, 3.63) is 45.6 Å². The lowest BCUT2D eigenvalue weighted by atomic mass is 10.1. The fourth-order valence-electron chi connectivity index (χ4n) is 1.77. The number of aryl methyl sites for hydroxylation is 1. The van der Waals surface area contributed by atoms with Crippen LogP contribution in [0.2, 0.25) is 0 Å². The molecule has 0 saturated heterocycles. The molecule has 1 aromatic carbocycles. The van der Waals surface area contributed by atoms with E-state index in [9.17, 15) is 4.79 Å². The van der Waals surface area contributed by atoms with Crippen LogP contribution in [0.1, 0.15) is 27.0 Å². The van der Waals surface area contributed by atoms with Crippen molar-refractivity contribution < 1.29 is 9.53 Å². The predicted octanol–water partition coefficient (Wildman–Crippen LogP) is 3.13. The molecule has 0 aliphatic carbocycles. The van der Waals surface area contributed by atoms with Gasteiger partial charge >= 0.3 is 0 Å². The molecule has 0 aliphatic heterocycles. The molecular weight excluding hydrogens is 246 g/mol. The molecule has 4 heteroatoms. The summed E-state index contributed by atoms with van der Waals surface area (Å²) < 4.78 is 5.21. The van der Waals surface area contributed by atoms with Gasteiger partial charge in [0.05, 0.1) is 17.6 Å². The van der Waals surface area contributed by atoms with E-state index >= 15 is 0 Å². The number of thiophene rings is 1. The number of anilines is 1. The summed E-state index contributed by atoms with van der Waals surface area (Å²) in [6.45, 7) is 2.07. The fourth-order valence-corrected chi connectivity index (χ4v) is 2.67. The molecule has 0 saturated carbocycles. The lowest BCUT2D eigenvalue weighted by Crippen LogP contribution is -2.06. The molecule has 1 aromatic heterocycles. The summed E-state index contributed by atoms with van der Waals surface area (Å²) in [5.41, 5.74) is 6.78. The van der Waals surface area contributed by atoms with Crippen LogP contribution in [0.5, 0.6) is 5.75 Å². The molecule has 0 atom stereocenters. The molecule has 94 valence electrons. The van der Waals surface area contributed by atoms with E-state index in [0.29, 0.717) is 21.9 Å². The first-order valence-electron chi connectivity index (χ1n) is 5.73. The molecule has 0 amide bonds. The van der Waals surface area contributed by atoms with Crippen molar-refractivity contribution in [2.45, 2.75) is 13.3 Å². The van der Waals surface area contributed by atoms with Crippen LogP contribution in [0.3, 0.4) is 0 Å². The van der Waals surface area contributed by atoms with Crippen LogP contribution < -0.4 is 10.5 Å². The van der Waals surface area contributed by atoms with E-state index in [4.69, 9.17) is 10.5 Å². The highest BCUT2D eigenvalue weighted by Gasteiger charge is 2.18. The van der Waals surface area contributed by atoms with E-state index in [1.807, 2.05) is 12.1 Å². The summed E-state index contributed by atoms with van der Waals surface area (Å²) in [5, 5.41) is 0. The summed E-state index contributed by atoms with van der Waals surface area (Å²) in [6, 6.07) is 9.06. The van der Waals surface area contributed by atoms with Gasteiger partial charge in [0.1, 0.15) is 5.75 Å². The Hall–Kier alpha value is -1.81. The van der Waals surface area contributed by atoms with Crippen LogP contribution >= 0.6 is 11.3 Å². The smallest absolute Gasteiger partial charge is 0.208 e. The number of ketones is 1. The third kappa shape index (κ3) is 2.24. The Kier molecular flexibility index (Phi) is 3.67. The molecule has 2 N–H and O–H groups in total. The van der Waals surface area contributed by atoms with Crippen molar-refractivity contribution in [1.29, 1.82) is 0 Å². The Labute approximate surface area is 110 Å². The number of rotatable bonds is 4. The Morgan fingerprint density at radius 3 is 2.72 bits per heavy atom. The number of benzene rings is 1. The van der Waals surface area contributed by atoms with E-state index in [1.54, 1.807) is 18.2 Å². The van der Waals surface area contributed by atoms with E-state index in [-0.39, 0.29) is 5.78 Å². The minimum atomic E-state index is -0.0744. The third-order valence-electron chi connectivity index (χ3n) is 2.74. The first-order chi connectivity index (χ1) is 8.67. The average molecular weight is 261 g/mol. The fraction of sp³-hybridized carbons (Fsp3) is 0.214. The van der Waals surface area contributed by atoms with Crippen LogP contribution in [0.25, 0.3) is 0 Å². The second kappa shape index (κ2) is 5.23. The number of hydrogen-bond acceptors (Lipinski definition) is 4. The Morgan fingerprint density at radius 2 is 2.11 bits per heavy atom. The number of hydrogen-bond donors (Lipinski definition) is 1. The minimum Gasteiger partial charge on any atom is -0.496 e. The van der Waals surface area contributed by atoms with Gasteiger partial charge in [0, 0.05) is 10.6 Å². The quantitative estimate of drug-likeness (QED) is 0.679. The molecule has 0 unspecified atom stereocenters. The molecule has 3 nitrogen and oxygen atoms in total. The predicted molar refractivity (Wildman–Crippen MR) is 74.5 cm³/mol. The zero-order valence-corrected chi connectivity index (χ0v) is 11.2. The molecule has 1 heterocycles. The molecule has 18 heavy (non-hydrogen) atoms. The van der Waals surface area contributed by atoms with E-state index in [1.165, 1.54) is 23.3 Å². The van der Waals surface area contributed by atoms with Crippen molar-refractivity contribution >= 4 is 22.8 Å². The first kappa shape index (κ1) is 12.6. The van der Waals surface area contributed by atoms with Crippen LogP contribution in [0.15, 0.2) is 30.3 Å². The molecule has 0 aliphatic rings. The lowest BCUT2D eigenvalue weighted by molar-refractivity contribution is 0.104. The Balaban J connectivity index is 2.45. The van der Waals surface area contributed by atoms with Crippen LogP contribution in [-0.2, 0) is 6.42 Å². The summed E-state index contributed by atoms with van der Waals surface area (Å²) in [5.74, 6) is 0.445. The maximum Gasteiger partial charge on any atom is 0.208 e.